The maximum absolute atomic E-state index is 12.5. The lowest BCUT2D eigenvalue weighted by atomic mass is 10.3. The number of likely N-dealkylation sites (tertiary alicyclic amines) is 1. The lowest BCUT2D eigenvalue weighted by Gasteiger charge is -2.19. The summed E-state index contributed by atoms with van der Waals surface area (Å²) in [6.45, 7) is 3.52. The van der Waals surface area contributed by atoms with Gasteiger partial charge >= 0.3 is 6.03 Å². The molecule has 1 aliphatic rings. The number of para-hydroxylation sites is 2. The molecule has 1 saturated heterocycles. The van der Waals surface area contributed by atoms with Crippen LogP contribution in [0.1, 0.15) is 13.3 Å². The molecule has 0 saturated carbocycles. The van der Waals surface area contributed by atoms with Crippen molar-refractivity contribution in [3.63, 3.8) is 0 Å². The molecule has 2 heterocycles. The van der Waals surface area contributed by atoms with Crippen LogP contribution in [0, 0.1) is 0 Å². The number of urea groups is 1. The summed E-state index contributed by atoms with van der Waals surface area (Å²) in [4.78, 5) is 22.4. The SMILES string of the molecule is CCOc1ccccc1NC(=O)N1CCC(Oc2cncc(OC)n2)C1. The van der Waals surface area contributed by atoms with Crippen LogP contribution in [0.3, 0.4) is 0 Å². The lowest BCUT2D eigenvalue weighted by Crippen LogP contribution is -2.34. The van der Waals surface area contributed by atoms with Crippen molar-refractivity contribution < 1.29 is 19.0 Å². The third kappa shape index (κ3) is 4.33. The number of carbonyl (C=O) groups is 1. The first-order chi connectivity index (χ1) is 12.7. The van der Waals surface area contributed by atoms with E-state index in [0.717, 1.165) is 6.42 Å². The summed E-state index contributed by atoms with van der Waals surface area (Å²) in [6, 6.07) is 7.19. The molecule has 8 heteroatoms. The summed E-state index contributed by atoms with van der Waals surface area (Å²) in [5, 5.41) is 2.90. The maximum atomic E-state index is 12.5. The van der Waals surface area contributed by atoms with Crippen molar-refractivity contribution in [3.8, 4) is 17.5 Å². The van der Waals surface area contributed by atoms with Gasteiger partial charge in [0.1, 0.15) is 11.9 Å². The predicted molar refractivity (Wildman–Crippen MR) is 95.8 cm³/mol. The molecule has 1 aliphatic heterocycles. The Morgan fingerprint density at radius 2 is 2.12 bits per heavy atom. The Labute approximate surface area is 152 Å². The first-order valence-corrected chi connectivity index (χ1v) is 8.50. The monoisotopic (exact) mass is 358 g/mol. The summed E-state index contributed by atoms with van der Waals surface area (Å²) >= 11 is 0. The number of anilines is 1. The number of nitrogens with one attached hydrogen (secondary N) is 1. The molecule has 1 fully saturated rings. The van der Waals surface area contributed by atoms with Crippen LogP contribution in [0.15, 0.2) is 36.7 Å². The Balaban J connectivity index is 1.57. The normalized spacial score (nSPS) is 16.2. The van der Waals surface area contributed by atoms with Gasteiger partial charge in [0, 0.05) is 13.0 Å². The molecule has 0 radical (unpaired) electrons. The molecule has 1 N–H and O–H groups in total. The molecule has 1 atom stereocenters. The van der Waals surface area contributed by atoms with Gasteiger partial charge in [-0.2, -0.15) is 4.98 Å². The average molecular weight is 358 g/mol. The molecule has 138 valence electrons. The van der Waals surface area contributed by atoms with E-state index >= 15 is 0 Å². The fourth-order valence-corrected chi connectivity index (χ4v) is 2.71. The summed E-state index contributed by atoms with van der Waals surface area (Å²) in [6.07, 6.45) is 3.63. The second kappa shape index (κ2) is 8.37. The Kier molecular flexibility index (Phi) is 5.73. The van der Waals surface area contributed by atoms with Gasteiger partial charge in [-0.15, -0.1) is 0 Å². The van der Waals surface area contributed by atoms with E-state index in [2.05, 4.69) is 15.3 Å². The van der Waals surface area contributed by atoms with Gasteiger partial charge in [-0.05, 0) is 19.1 Å². The zero-order valence-electron chi connectivity index (χ0n) is 14.8. The molecule has 2 amide bonds. The zero-order chi connectivity index (χ0) is 18.4. The highest BCUT2D eigenvalue weighted by atomic mass is 16.5. The fourth-order valence-electron chi connectivity index (χ4n) is 2.71. The minimum absolute atomic E-state index is 0.135. The number of rotatable bonds is 6. The van der Waals surface area contributed by atoms with E-state index in [4.69, 9.17) is 14.2 Å². The van der Waals surface area contributed by atoms with E-state index in [-0.39, 0.29) is 12.1 Å². The molecule has 8 nitrogen and oxygen atoms in total. The molecular weight excluding hydrogens is 336 g/mol. The van der Waals surface area contributed by atoms with Crippen LogP contribution in [-0.2, 0) is 0 Å². The molecule has 1 aromatic heterocycles. The Bertz CT molecular complexity index is 755. The summed E-state index contributed by atoms with van der Waals surface area (Å²) in [5.41, 5.74) is 0.655. The number of benzene rings is 1. The van der Waals surface area contributed by atoms with Crippen molar-refractivity contribution in [1.82, 2.24) is 14.9 Å². The van der Waals surface area contributed by atoms with E-state index in [1.807, 2.05) is 31.2 Å². The summed E-state index contributed by atoms with van der Waals surface area (Å²) < 4.78 is 16.4. The number of methoxy groups -OCH3 is 1. The second-order valence-electron chi connectivity index (χ2n) is 5.73. The van der Waals surface area contributed by atoms with Crippen LogP contribution in [0.5, 0.6) is 17.5 Å². The van der Waals surface area contributed by atoms with Gasteiger partial charge in [0.15, 0.2) is 0 Å². The average Bonchev–Trinajstić information content (AvgIpc) is 3.12. The van der Waals surface area contributed by atoms with Gasteiger partial charge in [0.05, 0.1) is 38.3 Å². The van der Waals surface area contributed by atoms with Crippen molar-refractivity contribution in [2.45, 2.75) is 19.4 Å². The number of nitrogens with zero attached hydrogens (tertiary/aromatic N) is 3. The highest BCUT2D eigenvalue weighted by Crippen LogP contribution is 2.25. The number of hydrogen-bond donors (Lipinski definition) is 1. The number of hydrogen-bond acceptors (Lipinski definition) is 6. The van der Waals surface area contributed by atoms with Gasteiger partial charge in [-0.1, -0.05) is 12.1 Å². The van der Waals surface area contributed by atoms with E-state index < -0.39 is 0 Å². The van der Waals surface area contributed by atoms with E-state index in [1.165, 1.54) is 19.5 Å². The lowest BCUT2D eigenvalue weighted by molar-refractivity contribution is 0.188. The Morgan fingerprint density at radius 1 is 1.31 bits per heavy atom. The third-order valence-corrected chi connectivity index (χ3v) is 3.95. The molecular formula is C18H22N4O4. The molecule has 2 aromatic rings. The van der Waals surface area contributed by atoms with Crippen LogP contribution in [-0.4, -0.2) is 53.8 Å². The molecule has 0 aliphatic carbocycles. The number of ether oxygens (including phenoxy) is 3. The Hall–Kier alpha value is -3.03. The van der Waals surface area contributed by atoms with E-state index in [0.29, 0.717) is 42.9 Å². The van der Waals surface area contributed by atoms with Crippen LogP contribution in [0.25, 0.3) is 0 Å². The van der Waals surface area contributed by atoms with Gasteiger partial charge in [-0.25, -0.2) is 4.79 Å². The van der Waals surface area contributed by atoms with Crippen LogP contribution >= 0.6 is 0 Å². The van der Waals surface area contributed by atoms with Crippen molar-refractivity contribution in [2.75, 3.05) is 32.1 Å². The highest BCUT2D eigenvalue weighted by Gasteiger charge is 2.28. The van der Waals surface area contributed by atoms with Gasteiger partial charge in [-0.3, -0.25) is 4.98 Å². The molecule has 3 rings (SSSR count). The summed E-state index contributed by atoms with van der Waals surface area (Å²) in [5.74, 6) is 1.43. The quantitative estimate of drug-likeness (QED) is 0.854. The minimum Gasteiger partial charge on any atom is -0.492 e. The standard InChI is InChI=1S/C18H22N4O4/c1-3-25-15-7-5-4-6-14(15)20-18(23)22-9-8-13(12-22)26-17-11-19-10-16(21-17)24-2/h4-7,10-11,13H,3,8-9,12H2,1-2H3,(H,20,23). The Morgan fingerprint density at radius 3 is 2.92 bits per heavy atom. The topological polar surface area (TPSA) is 85.8 Å². The van der Waals surface area contributed by atoms with Crippen molar-refractivity contribution in [2.24, 2.45) is 0 Å². The minimum atomic E-state index is -0.181. The maximum Gasteiger partial charge on any atom is 0.322 e. The molecule has 0 spiro atoms. The number of aromatic nitrogens is 2. The first-order valence-electron chi connectivity index (χ1n) is 8.50. The summed E-state index contributed by atoms with van der Waals surface area (Å²) in [7, 11) is 1.52. The predicted octanol–water partition coefficient (Wildman–Crippen LogP) is 2.57. The van der Waals surface area contributed by atoms with E-state index in [9.17, 15) is 4.79 Å². The zero-order valence-corrected chi connectivity index (χ0v) is 14.8. The number of amides is 2. The van der Waals surface area contributed by atoms with Crippen molar-refractivity contribution >= 4 is 11.7 Å². The van der Waals surface area contributed by atoms with Crippen LogP contribution < -0.4 is 19.5 Å². The molecule has 0 bridgehead atoms. The van der Waals surface area contributed by atoms with Crippen molar-refractivity contribution in [3.05, 3.63) is 36.7 Å². The number of carbonyl (C=O) groups excluding carboxylic acids is 1. The van der Waals surface area contributed by atoms with Crippen LogP contribution in [0.2, 0.25) is 0 Å². The molecule has 1 unspecified atom stereocenters. The largest absolute Gasteiger partial charge is 0.492 e. The fraction of sp³-hybridized carbons (Fsp3) is 0.389. The van der Waals surface area contributed by atoms with Gasteiger partial charge in [0.2, 0.25) is 11.8 Å². The third-order valence-electron chi connectivity index (χ3n) is 3.95. The van der Waals surface area contributed by atoms with Crippen molar-refractivity contribution in [1.29, 1.82) is 0 Å². The van der Waals surface area contributed by atoms with E-state index in [1.54, 1.807) is 4.90 Å². The molecule has 1 aromatic carbocycles. The first kappa shape index (κ1) is 17.8. The van der Waals surface area contributed by atoms with Gasteiger partial charge < -0.3 is 24.4 Å². The highest BCUT2D eigenvalue weighted by molar-refractivity contribution is 5.91. The smallest absolute Gasteiger partial charge is 0.322 e. The second-order valence-corrected chi connectivity index (χ2v) is 5.73. The van der Waals surface area contributed by atoms with Crippen LogP contribution in [0.4, 0.5) is 10.5 Å². The van der Waals surface area contributed by atoms with Gasteiger partial charge in [0.25, 0.3) is 0 Å². The molecule has 26 heavy (non-hydrogen) atoms.